The minimum Gasteiger partial charge on any atom is -0.457 e. The van der Waals surface area contributed by atoms with E-state index in [4.69, 9.17) is 9.84 Å². The lowest BCUT2D eigenvalue weighted by atomic mass is 9.92. The topological polar surface area (TPSA) is 153 Å². The van der Waals surface area contributed by atoms with E-state index >= 15 is 0 Å². The predicted octanol–water partition coefficient (Wildman–Crippen LogP) is 8.24. The third-order valence-electron chi connectivity index (χ3n) is 8.48. The number of aromatic amines is 1. The monoisotopic (exact) mass is 698 g/mol. The Labute approximate surface area is 302 Å². The Morgan fingerprint density at radius 3 is 2.49 bits per heavy atom. The molecule has 0 aliphatic heterocycles. The number of rotatable bonds is 21. The second kappa shape index (κ2) is 21.3. The number of ether oxygens (including phenoxy) is 1. The van der Waals surface area contributed by atoms with Crippen molar-refractivity contribution < 1.29 is 29.3 Å². The number of aliphatic hydroxyl groups is 2. The fraction of sp³-hybridized carbons (Fsp3) is 0.390. The van der Waals surface area contributed by atoms with Crippen LogP contribution in [-0.2, 0) is 4.79 Å². The van der Waals surface area contributed by atoms with Gasteiger partial charge in [-0.15, -0.1) is 0 Å². The number of carbonyl (C=O) groups is 3. The molecule has 6 N–H and O–H groups in total. The molecule has 0 aliphatic carbocycles. The zero-order valence-corrected chi connectivity index (χ0v) is 30.4. The molecule has 10 heteroatoms. The SMILES string of the molecule is C=C(C=C(C=CCCC)Oc1ccc(NC(=O)Nc2cc(C)ccc2C)cc1)c1cc(C(=O)NCCCC(=O)CCC(CC)CC(O)CO)c[nH]1. The minimum atomic E-state index is -0.746. The summed E-state index contributed by atoms with van der Waals surface area (Å²) in [6, 6.07) is 14.4. The molecule has 51 heavy (non-hydrogen) atoms. The van der Waals surface area contributed by atoms with Gasteiger partial charge in [-0.3, -0.25) is 9.59 Å². The van der Waals surface area contributed by atoms with Crippen molar-refractivity contribution in [2.45, 2.75) is 85.2 Å². The van der Waals surface area contributed by atoms with Crippen molar-refractivity contribution in [2.24, 2.45) is 5.92 Å². The van der Waals surface area contributed by atoms with Gasteiger partial charge in [0.15, 0.2) is 0 Å². The number of unbranched alkanes of at least 4 members (excludes halogenated alkanes) is 1. The summed E-state index contributed by atoms with van der Waals surface area (Å²) < 4.78 is 6.18. The maximum Gasteiger partial charge on any atom is 0.323 e. The molecule has 0 bridgehead atoms. The molecule has 3 amide bonds. The summed E-state index contributed by atoms with van der Waals surface area (Å²) in [6.45, 7) is 12.3. The predicted molar refractivity (Wildman–Crippen MR) is 205 cm³/mol. The first-order valence-corrected chi connectivity index (χ1v) is 17.8. The van der Waals surface area contributed by atoms with E-state index in [0.717, 1.165) is 36.1 Å². The summed E-state index contributed by atoms with van der Waals surface area (Å²) >= 11 is 0. The first-order valence-electron chi connectivity index (χ1n) is 17.8. The maximum atomic E-state index is 12.8. The zero-order valence-electron chi connectivity index (χ0n) is 30.4. The van der Waals surface area contributed by atoms with E-state index in [9.17, 15) is 19.5 Å². The number of ketones is 1. The number of allylic oxidation sites excluding steroid dienone is 4. The summed E-state index contributed by atoms with van der Waals surface area (Å²) in [5, 5.41) is 27.3. The van der Waals surface area contributed by atoms with Crippen LogP contribution in [-0.4, -0.2) is 52.2 Å². The van der Waals surface area contributed by atoms with Crippen molar-refractivity contribution in [2.75, 3.05) is 23.8 Å². The van der Waals surface area contributed by atoms with Gasteiger partial charge in [0.25, 0.3) is 5.91 Å². The first-order chi connectivity index (χ1) is 24.5. The van der Waals surface area contributed by atoms with Gasteiger partial charge < -0.3 is 35.9 Å². The number of amides is 3. The molecular weight excluding hydrogens is 644 g/mol. The Morgan fingerprint density at radius 1 is 1.02 bits per heavy atom. The van der Waals surface area contributed by atoms with Crippen LogP contribution in [0.3, 0.4) is 0 Å². The molecule has 0 saturated heterocycles. The Bertz CT molecular complexity index is 1660. The fourth-order valence-corrected chi connectivity index (χ4v) is 5.36. The quantitative estimate of drug-likeness (QED) is 0.0374. The summed E-state index contributed by atoms with van der Waals surface area (Å²) in [7, 11) is 0. The molecule has 0 saturated carbocycles. The number of aromatic nitrogens is 1. The maximum absolute atomic E-state index is 12.8. The average Bonchev–Trinajstić information content (AvgIpc) is 3.62. The number of anilines is 2. The number of hydrogen-bond acceptors (Lipinski definition) is 6. The van der Waals surface area contributed by atoms with Crippen molar-refractivity contribution in [1.82, 2.24) is 10.3 Å². The fourth-order valence-electron chi connectivity index (χ4n) is 5.36. The number of nitrogens with one attached hydrogen (secondary N) is 4. The molecule has 0 spiro atoms. The lowest BCUT2D eigenvalue weighted by molar-refractivity contribution is -0.119. The molecule has 1 aromatic heterocycles. The van der Waals surface area contributed by atoms with E-state index in [-0.39, 0.29) is 30.2 Å². The number of aliphatic hydroxyl groups excluding tert-OH is 2. The summed E-state index contributed by atoms with van der Waals surface area (Å²) in [6.07, 6.45) is 11.8. The van der Waals surface area contributed by atoms with Gasteiger partial charge in [0.1, 0.15) is 17.3 Å². The van der Waals surface area contributed by atoms with E-state index in [1.807, 2.05) is 51.1 Å². The lowest BCUT2D eigenvalue weighted by Gasteiger charge is -2.17. The summed E-state index contributed by atoms with van der Waals surface area (Å²) in [5.74, 6) is 1.21. The van der Waals surface area contributed by atoms with E-state index in [1.54, 1.807) is 42.6 Å². The second-order valence-corrected chi connectivity index (χ2v) is 12.9. The largest absolute Gasteiger partial charge is 0.457 e. The highest BCUT2D eigenvalue weighted by Crippen LogP contribution is 2.23. The van der Waals surface area contributed by atoms with Gasteiger partial charge >= 0.3 is 6.03 Å². The van der Waals surface area contributed by atoms with E-state index in [2.05, 4.69) is 34.4 Å². The highest BCUT2D eigenvalue weighted by molar-refractivity contribution is 6.00. The average molecular weight is 699 g/mol. The number of aryl methyl sites for hydroxylation is 2. The first kappa shape index (κ1) is 40.5. The number of hydrogen-bond donors (Lipinski definition) is 6. The molecule has 0 radical (unpaired) electrons. The highest BCUT2D eigenvalue weighted by Gasteiger charge is 2.15. The van der Waals surface area contributed by atoms with Gasteiger partial charge in [-0.1, -0.05) is 51.5 Å². The van der Waals surface area contributed by atoms with Crippen LogP contribution >= 0.6 is 0 Å². The van der Waals surface area contributed by atoms with Gasteiger partial charge in [-0.2, -0.15) is 0 Å². The zero-order chi connectivity index (χ0) is 37.2. The molecule has 2 atom stereocenters. The molecule has 274 valence electrons. The molecule has 10 nitrogen and oxygen atoms in total. The van der Waals surface area contributed by atoms with Gasteiger partial charge in [0.05, 0.1) is 18.3 Å². The molecule has 1 heterocycles. The van der Waals surface area contributed by atoms with Crippen LogP contribution in [0.15, 0.2) is 85.3 Å². The number of H-pyrrole nitrogens is 1. The van der Waals surface area contributed by atoms with Crippen molar-refractivity contribution in [3.63, 3.8) is 0 Å². The lowest BCUT2D eigenvalue weighted by Crippen LogP contribution is -2.24. The van der Waals surface area contributed by atoms with Crippen LogP contribution in [0.5, 0.6) is 5.75 Å². The Hall–Kier alpha value is -4.93. The minimum absolute atomic E-state index is 0.128. The van der Waals surface area contributed by atoms with Crippen LogP contribution in [0, 0.1) is 19.8 Å². The van der Waals surface area contributed by atoms with Crippen LogP contribution in [0.2, 0.25) is 0 Å². The van der Waals surface area contributed by atoms with Crippen molar-refractivity contribution in [3.05, 3.63) is 108 Å². The Morgan fingerprint density at radius 2 is 1.78 bits per heavy atom. The third-order valence-corrected chi connectivity index (χ3v) is 8.48. The molecule has 0 aliphatic rings. The highest BCUT2D eigenvalue weighted by atomic mass is 16.5. The van der Waals surface area contributed by atoms with E-state index in [0.29, 0.717) is 72.7 Å². The van der Waals surface area contributed by atoms with Crippen LogP contribution < -0.4 is 20.7 Å². The van der Waals surface area contributed by atoms with Crippen LogP contribution in [0.25, 0.3) is 5.57 Å². The number of benzene rings is 2. The van der Waals surface area contributed by atoms with Gasteiger partial charge in [0, 0.05) is 42.7 Å². The molecular formula is C41H54N4O6. The van der Waals surface area contributed by atoms with Crippen molar-refractivity contribution in [3.8, 4) is 5.75 Å². The molecule has 0 fully saturated rings. The molecule has 3 rings (SSSR count). The molecule has 3 aromatic rings. The van der Waals surface area contributed by atoms with Crippen molar-refractivity contribution >= 4 is 34.7 Å². The normalized spacial score (nSPS) is 12.7. The molecule has 2 aromatic carbocycles. The molecule has 2 unspecified atom stereocenters. The Balaban J connectivity index is 1.52. The summed E-state index contributed by atoms with van der Waals surface area (Å²) in [5.41, 5.74) is 5.13. The van der Waals surface area contributed by atoms with Crippen molar-refractivity contribution in [1.29, 1.82) is 0 Å². The van der Waals surface area contributed by atoms with Crippen LogP contribution in [0.1, 0.15) is 92.4 Å². The number of carbonyl (C=O) groups excluding carboxylic acids is 3. The third kappa shape index (κ3) is 14.4. The van der Waals surface area contributed by atoms with Gasteiger partial charge in [-0.05, 0) is 111 Å². The van der Waals surface area contributed by atoms with E-state index < -0.39 is 6.10 Å². The second-order valence-electron chi connectivity index (χ2n) is 12.9. The Kier molecular flexibility index (Phi) is 16.9. The smallest absolute Gasteiger partial charge is 0.323 e. The van der Waals surface area contributed by atoms with Crippen LogP contribution in [0.4, 0.5) is 16.2 Å². The number of Topliss-reactive ketones (excluding diaryl/α,β-unsaturated/α-hetero) is 1. The van der Waals surface area contributed by atoms with E-state index in [1.165, 1.54) is 0 Å². The standard InChI is InChI=1S/C41H54N4O6/c1-6-8-9-12-37(51-36-19-16-33(17-20-36)44-41(50)45-39-22-28(3)13-14-29(39)4)23-30(5)38-25-32(26-43-38)40(49)42-21-10-11-34(47)18-15-31(7-2)24-35(48)27-46/h9,12-14,16-17,19-20,22-23,25-26,31,35,43,46,48H,5-8,10-11,15,18,21,24,27H2,1-4H3,(H,42,49)(H2,44,45,50). The number of urea groups is 1. The van der Waals surface area contributed by atoms with Gasteiger partial charge in [-0.25, -0.2) is 4.79 Å². The summed E-state index contributed by atoms with van der Waals surface area (Å²) in [4.78, 5) is 40.8. The van der Waals surface area contributed by atoms with Gasteiger partial charge in [0.2, 0.25) is 0 Å².